The van der Waals surface area contributed by atoms with Crippen LogP contribution < -0.4 is 5.73 Å². The quantitative estimate of drug-likeness (QED) is 0.906. The molecular weight excluding hydrogens is 273 g/mol. The molecule has 0 saturated heterocycles. The first kappa shape index (κ1) is 14.9. The first-order chi connectivity index (χ1) is 9.73. The van der Waals surface area contributed by atoms with Gasteiger partial charge in [-0.1, -0.05) is 12.1 Å². The molecule has 2 rings (SSSR count). The lowest BCUT2D eigenvalue weighted by Crippen LogP contribution is -2.25. The number of aryl methyl sites for hydroxylation is 1. The molecule has 0 amide bonds. The van der Waals surface area contributed by atoms with Gasteiger partial charge in [-0.2, -0.15) is 0 Å². The van der Waals surface area contributed by atoms with Crippen molar-refractivity contribution in [1.29, 1.82) is 0 Å². The van der Waals surface area contributed by atoms with Crippen molar-refractivity contribution in [2.24, 2.45) is 0 Å². The lowest BCUT2D eigenvalue weighted by atomic mass is 9.83. The minimum absolute atomic E-state index is 0.0693. The van der Waals surface area contributed by atoms with Gasteiger partial charge in [-0.25, -0.2) is 19.2 Å². The van der Waals surface area contributed by atoms with Crippen LogP contribution in [0.25, 0.3) is 0 Å². The third-order valence-corrected chi connectivity index (χ3v) is 3.46. The number of nitrogens with two attached hydrogens (primary N) is 1. The summed E-state index contributed by atoms with van der Waals surface area (Å²) >= 11 is 0. The van der Waals surface area contributed by atoms with E-state index in [1.165, 1.54) is 12.1 Å². The van der Waals surface area contributed by atoms with Gasteiger partial charge in [-0.05, 0) is 38.5 Å². The molecule has 3 N–H and O–H groups in total. The number of nitrogen functional groups attached to an aromatic ring is 1. The van der Waals surface area contributed by atoms with E-state index >= 15 is 0 Å². The van der Waals surface area contributed by atoms with Gasteiger partial charge < -0.3 is 10.8 Å². The lowest BCUT2D eigenvalue weighted by molar-refractivity contribution is 0.0696. The van der Waals surface area contributed by atoms with Crippen molar-refractivity contribution in [3.63, 3.8) is 0 Å². The number of anilines is 1. The Morgan fingerprint density at radius 1 is 1.24 bits per heavy atom. The topological polar surface area (TPSA) is 89.1 Å². The van der Waals surface area contributed by atoms with Gasteiger partial charge in [0.2, 0.25) is 0 Å². The Balaban J connectivity index is 2.55. The molecule has 0 aliphatic rings. The number of aromatic nitrogens is 2. The summed E-state index contributed by atoms with van der Waals surface area (Å²) in [6.45, 7) is 5.31. The normalized spacial score (nSPS) is 11.4. The molecule has 21 heavy (non-hydrogen) atoms. The van der Waals surface area contributed by atoms with Crippen LogP contribution in [0.4, 0.5) is 10.2 Å². The summed E-state index contributed by atoms with van der Waals surface area (Å²) in [5, 5.41) is 9.09. The monoisotopic (exact) mass is 289 g/mol. The Labute approximate surface area is 121 Å². The second-order valence-corrected chi connectivity index (χ2v) is 5.33. The average Bonchev–Trinajstić information content (AvgIpc) is 2.37. The molecule has 1 aromatic carbocycles. The number of nitrogens with zero attached hydrogens (tertiary/aromatic N) is 2. The third-order valence-electron chi connectivity index (χ3n) is 3.46. The molecule has 0 aliphatic carbocycles. The van der Waals surface area contributed by atoms with Crippen LogP contribution in [-0.4, -0.2) is 21.0 Å². The number of hydrogen-bond donors (Lipinski definition) is 2. The van der Waals surface area contributed by atoms with E-state index in [-0.39, 0.29) is 17.2 Å². The molecule has 0 spiro atoms. The number of carboxylic acids is 1. The zero-order valence-electron chi connectivity index (χ0n) is 12.0. The highest BCUT2D eigenvalue weighted by atomic mass is 19.1. The number of rotatable bonds is 3. The average molecular weight is 289 g/mol. The first-order valence-electron chi connectivity index (χ1n) is 6.37. The first-order valence-corrected chi connectivity index (χ1v) is 6.37. The fourth-order valence-corrected chi connectivity index (χ4v) is 2.13. The molecular formula is C15H16FN3O2. The molecule has 0 saturated carbocycles. The van der Waals surface area contributed by atoms with Crippen molar-refractivity contribution in [2.45, 2.75) is 26.2 Å². The summed E-state index contributed by atoms with van der Waals surface area (Å²) in [5.41, 5.74) is 6.14. The van der Waals surface area contributed by atoms with Crippen LogP contribution in [0.2, 0.25) is 0 Å². The number of halogens is 1. The summed E-state index contributed by atoms with van der Waals surface area (Å²) in [6.07, 6.45) is 0. The Morgan fingerprint density at radius 3 is 2.29 bits per heavy atom. The van der Waals surface area contributed by atoms with Crippen LogP contribution >= 0.6 is 0 Å². The zero-order chi connectivity index (χ0) is 15.8. The van der Waals surface area contributed by atoms with E-state index in [0.29, 0.717) is 11.5 Å². The van der Waals surface area contributed by atoms with Gasteiger partial charge in [0.25, 0.3) is 0 Å². The maximum atomic E-state index is 13.0. The summed E-state index contributed by atoms with van der Waals surface area (Å²) in [6, 6.07) is 6.02. The fourth-order valence-electron chi connectivity index (χ4n) is 2.13. The molecule has 1 heterocycles. The second kappa shape index (κ2) is 5.12. The van der Waals surface area contributed by atoms with Crippen LogP contribution in [0, 0.1) is 12.7 Å². The van der Waals surface area contributed by atoms with E-state index in [4.69, 9.17) is 10.8 Å². The van der Waals surface area contributed by atoms with Crippen LogP contribution in [0.5, 0.6) is 0 Å². The van der Waals surface area contributed by atoms with Gasteiger partial charge in [0.05, 0.1) is 5.69 Å². The van der Waals surface area contributed by atoms with Gasteiger partial charge in [0.15, 0.2) is 0 Å². The second-order valence-electron chi connectivity index (χ2n) is 5.33. The highest BCUT2D eigenvalue weighted by Gasteiger charge is 2.29. The van der Waals surface area contributed by atoms with Crippen LogP contribution in [0.3, 0.4) is 0 Å². The summed E-state index contributed by atoms with van der Waals surface area (Å²) in [7, 11) is 0. The van der Waals surface area contributed by atoms with E-state index in [2.05, 4.69) is 9.97 Å². The maximum Gasteiger partial charge on any atom is 0.341 e. The maximum absolute atomic E-state index is 13.0. The molecule has 0 bridgehead atoms. The summed E-state index contributed by atoms with van der Waals surface area (Å²) < 4.78 is 13.0. The molecule has 1 aromatic heterocycles. The number of benzene rings is 1. The van der Waals surface area contributed by atoms with Crippen molar-refractivity contribution in [3.8, 4) is 0 Å². The standard InChI is InChI=1S/C15H16FN3O2/c1-8-11(13(20)21)12(17)19-14(18-8)15(2,3)9-4-6-10(16)7-5-9/h4-7H,1-3H3,(H,20,21)(H2,17,18,19). The van der Waals surface area contributed by atoms with Gasteiger partial charge >= 0.3 is 5.97 Å². The van der Waals surface area contributed by atoms with Crippen molar-refractivity contribution in [3.05, 3.63) is 52.7 Å². The number of carboxylic acid groups (broad SMARTS) is 1. The summed E-state index contributed by atoms with van der Waals surface area (Å²) in [4.78, 5) is 19.5. The minimum Gasteiger partial charge on any atom is -0.477 e. The number of carbonyl (C=O) groups is 1. The number of aromatic carboxylic acids is 1. The lowest BCUT2D eigenvalue weighted by Gasteiger charge is -2.24. The Hall–Kier alpha value is -2.50. The molecule has 6 heteroatoms. The SMILES string of the molecule is Cc1nc(C(C)(C)c2ccc(F)cc2)nc(N)c1C(=O)O. The van der Waals surface area contributed by atoms with E-state index in [1.54, 1.807) is 19.1 Å². The van der Waals surface area contributed by atoms with Crippen LogP contribution in [0.1, 0.15) is 41.3 Å². The minimum atomic E-state index is -1.16. The molecule has 0 unspecified atom stereocenters. The van der Waals surface area contributed by atoms with E-state index in [9.17, 15) is 9.18 Å². The van der Waals surface area contributed by atoms with Gasteiger partial charge in [0, 0.05) is 5.41 Å². The molecule has 110 valence electrons. The van der Waals surface area contributed by atoms with Crippen molar-refractivity contribution in [2.75, 3.05) is 5.73 Å². The van der Waals surface area contributed by atoms with Gasteiger partial charge in [-0.3, -0.25) is 0 Å². The molecule has 0 radical (unpaired) electrons. The third kappa shape index (κ3) is 2.69. The Morgan fingerprint density at radius 2 is 1.81 bits per heavy atom. The van der Waals surface area contributed by atoms with Gasteiger partial charge in [0.1, 0.15) is 23.0 Å². The Bertz CT molecular complexity index is 674. The molecule has 2 aromatic rings. The molecule has 0 fully saturated rings. The van der Waals surface area contributed by atoms with Crippen molar-refractivity contribution >= 4 is 11.8 Å². The van der Waals surface area contributed by atoms with Crippen molar-refractivity contribution in [1.82, 2.24) is 9.97 Å². The predicted molar refractivity (Wildman–Crippen MR) is 76.7 cm³/mol. The Kier molecular flexibility index (Phi) is 3.63. The van der Waals surface area contributed by atoms with E-state index < -0.39 is 11.4 Å². The van der Waals surface area contributed by atoms with Crippen LogP contribution in [0.15, 0.2) is 24.3 Å². The smallest absolute Gasteiger partial charge is 0.341 e. The number of hydrogen-bond acceptors (Lipinski definition) is 4. The molecule has 5 nitrogen and oxygen atoms in total. The zero-order valence-corrected chi connectivity index (χ0v) is 12.0. The van der Waals surface area contributed by atoms with E-state index in [0.717, 1.165) is 5.56 Å². The van der Waals surface area contributed by atoms with E-state index in [1.807, 2.05) is 13.8 Å². The fraction of sp³-hybridized carbons (Fsp3) is 0.267. The highest BCUT2D eigenvalue weighted by Crippen LogP contribution is 2.30. The van der Waals surface area contributed by atoms with Crippen molar-refractivity contribution < 1.29 is 14.3 Å². The van der Waals surface area contributed by atoms with Crippen LogP contribution in [-0.2, 0) is 5.41 Å². The molecule has 0 aliphatic heterocycles. The highest BCUT2D eigenvalue weighted by molar-refractivity contribution is 5.93. The largest absolute Gasteiger partial charge is 0.477 e. The molecule has 0 atom stereocenters. The van der Waals surface area contributed by atoms with Gasteiger partial charge in [-0.15, -0.1) is 0 Å². The summed E-state index contributed by atoms with van der Waals surface area (Å²) in [5.74, 6) is -1.15. The predicted octanol–water partition coefficient (Wildman–Crippen LogP) is 2.53.